The molecule has 1 unspecified atom stereocenters. The van der Waals surface area contributed by atoms with Gasteiger partial charge in [-0.1, -0.05) is 121 Å². The Morgan fingerprint density at radius 1 is 0.889 bits per heavy atom. The first-order valence-corrected chi connectivity index (χ1v) is 22.4. The summed E-state index contributed by atoms with van der Waals surface area (Å²) in [5.41, 5.74) is 8.08. The Kier molecular flexibility index (Phi) is 13.3. The molecule has 322 valence electrons. The molecule has 3 aromatic carbocycles. The van der Waals surface area contributed by atoms with Crippen LogP contribution in [0.1, 0.15) is 67.0 Å². The molecule has 1 saturated carbocycles. The number of hydrogen-bond donors (Lipinski definition) is 2. The van der Waals surface area contributed by atoms with E-state index in [1.807, 2.05) is 97.1 Å². The number of pyridine rings is 1. The maximum absolute atomic E-state index is 14.5. The highest BCUT2D eigenvalue weighted by atomic mass is 32.2. The number of β-lactam (4-membered cyclic amide) rings is 1. The summed E-state index contributed by atoms with van der Waals surface area (Å²) in [6.45, 7) is 1.40. The van der Waals surface area contributed by atoms with Gasteiger partial charge < -0.3 is 30.1 Å². The number of rotatable bonds is 14. The third-order valence-corrected chi connectivity index (χ3v) is 12.8. The topological polar surface area (TPSA) is 185 Å². The quantitative estimate of drug-likeness (QED) is 0.0279. The minimum Gasteiger partial charge on any atom is -0.431 e. The number of benzene rings is 3. The number of fused-ring (bicyclic) bond motifs is 1. The number of nitrogen functional groups attached to an aromatic ring is 1. The van der Waals surface area contributed by atoms with Crippen LogP contribution in [0.25, 0.3) is 6.08 Å². The maximum Gasteiger partial charge on any atom is 0.511 e. The molecule has 14 nitrogen and oxygen atoms in total. The van der Waals surface area contributed by atoms with E-state index in [0.717, 1.165) is 65.7 Å². The summed E-state index contributed by atoms with van der Waals surface area (Å²) in [6.07, 6.45) is 8.73. The molecule has 3 atom stereocenters. The van der Waals surface area contributed by atoms with Gasteiger partial charge in [-0.25, -0.2) is 14.6 Å². The molecule has 2 amide bonds. The van der Waals surface area contributed by atoms with Crippen LogP contribution in [-0.4, -0.2) is 74.1 Å². The molecule has 1 aliphatic carbocycles. The second kappa shape index (κ2) is 19.5. The fraction of sp³-hybridized carbons (Fsp3) is 0.255. The number of nitrogens with two attached hydrogens (primary N) is 1. The van der Waals surface area contributed by atoms with Crippen LogP contribution in [-0.2, 0) is 39.0 Å². The lowest BCUT2D eigenvalue weighted by molar-refractivity contribution is -0.169. The molecule has 0 radical (unpaired) electrons. The normalized spacial score (nSPS) is 18.5. The maximum atomic E-state index is 14.5. The van der Waals surface area contributed by atoms with Crippen molar-refractivity contribution >= 4 is 64.0 Å². The molecule has 63 heavy (non-hydrogen) atoms. The molecule has 5 aromatic rings. The second-order valence-electron chi connectivity index (χ2n) is 15.0. The minimum atomic E-state index is -1.33. The Bertz CT molecular complexity index is 2420. The first-order valence-electron chi connectivity index (χ1n) is 20.5. The number of hydrogen-bond acceptors (Lipinski definition) is 14. The van der Waals surface area contributed by atoms with Gasteiger partial charge in [0.2, 0.25) is 11.9 Å². The Balaban J connectivity index is 1.07. The van der Waals surface area contributed by atoms with Gasteiger partial charge in [0.05, 0.1) is 0 Å². The average molecular weight is 885 g/mol. The summed E-state index contributed by atoms with van der Waals surface area (Å²) in [5.74, 6) is -1.96. The van der Waals surface area contributed by atoms with Gasteiger partial charge in [-0.15, -0.1) is 23.1 Å². The number of amides is 2. The molecule has 2 fully saturated rings. The number of ether oxygens (including phenoxy) is 3. The Hall–Kier alpha value is -6.78. The van der Waals surface area contributed by atoms with Gasteiger partial charge in [-0.05, 0) is 42.9 Å². The zero-order valence-corrected chi connectivity index (χ0v) is 35.8. The first kappa shape index (κ1) is 42.9. The zero-order chi connectivity index (χ0) is 43.8. The standard InChI is InChI=1S/C47H44N6O8S2/c1-30(59-46(57)60-36-22-12-5-13-23-36)58-44(56)40-32(25-24-31-15-14-26-49-27-31)28-62-43-39(42(55)53(40)43)51-41(54)38(37-29-63-45(48)50-37)52-61-47(33-16-6-2-7-17-33,34-18-8-3-9-19-34)35-20-10-4-11-21-35/h2-4,6-11,14-21,24-27,29-30,36,39,43H,5,12-13,22-23,28H2,1H3,(H2,48,50)(H,51,54)/b25-24-,52-38+/t30?,39-,43-/m1/s1. The number of nitrogens with one attached hydrogen (secondary N) is 1. The molecule has 4 heterocycles. The number of anilines is 1. The van der Waals surface area contributed by atoms with E-state index in [-0.39, 0.29) is 34.1 Å². The molecule has 0 bridgehead atoms. The summed E-state index contributed by atoms with van der Waals surface area (Å²) in [5, 5.41) is 8.47. The van der Waals surface area contributed by atoms with Crippen LogP contribution < -0.4 is 11.1 Å². The Morgan fingerprint density at radius 2 is 1.54 bits per heavy atom. The highest BCUT2D eigenvalue weighted by Gasteiger charge is 2.55. The van der Waals surface area contributed by atoms with Gasteiger partial charge >= 0.3 is 12.1 Å². The van der Waals surface area contributed by atoms with E-state index in [1.54, 1.807) is 36.0 Å². The molecule has 2 aromatic heterocycles. The van der Waals surface area contributed by atoms with E-state index in [1.165, 1.54) is 23.6 Å². The predicted octanol–water partition coefficient (Wildman–Crippen LogP) is 7.58. The second-order valence-corrected chi connectivity index (χ2v) is 16.9. The summed E-state index contributed by atoms with van der Waals surface area (Å²) in [7, 11) is 0. The summed E-state index contributed by atoms with van der Waals surface area (Å²) in [4.78, 5) is 71.7. The van der Waals surface area contributed by atoms with Crippen LogP contribution in [0, 0.1) is 0 Å². The average Bonchev–Trinajstić information content (AvgIpc) is 3.75. The Morgan fingerprint density at radius 3 is 2.13 bits per heavy atom. The highest BCUT2D eigenvalue weighted by molar-refractivity contribution is 8.00. The smallest absolute Gasteiger partial charge is 0.431 e. The number of thiazole rings is 1. The molecule has 16 heteroatoms. The molecule has 1 saturated heterocycles. The zero-order valence-electron chi connectivity index (χ0n) is 34.2. The van der Waals surface area contributed by atoms with Crippen molar-refractivity contribution in [2.75, 3.05) is 11.5 Å². The largest absolute Gasteiger partial charge is 0.511 e. The van der Waals surface area contributed by atoms with Crippen molar-refractivity contribution in [1.82, 2.24) is 20.2 Å². The van der Waals surface area contributed by atoms with E-state index < -0.39 is 47.2 Å². The summed E-state index contributed by atoms with van der Waals surface area (Å²) < 4.78 is 16.4. The van der Waals surface area contributed by atoms with Crippen LogP contribution >= 0.6 is 23.1 Å². The van der Waals surface area contributed by atoms with Gasteiger partial charge in [0.15, 0.2) is 10.8 Å². The first-order chi connectivity index (χ1) is 30.7. The molecule has 3 aliphatic rings. The third kappa shape index (κ3) is 9.51. The monoisotopic (exact) mass is 884 g/mol. The molecular formula is C47H44N6O8S2. The fourth-order valence-electron chi connectivity index (χ4n) is 7.75. The van der Waals surface area contributed by atoms with E-state index >= 15 is 0 Å². The minimum absolute atomic E-state index is 0.0478. The SMILES string of the molecule is CC(OC(=O)OC1CCCCC1)OC(=O)C1=C(/C=C\c2cccnc2)CS[C@@H]2[C@H](NC(=O)/C(=N/OC(c3ccccc3)(c3ccccc3)c3ccccc3)c3csc(N)n3)C(=O)N12. The van der Waals surface area contributed by atoms with E-state index in [2.05, 4.69) is 20.4 Å². The lowest BCUT2D eigenvalue weighted by Crippen LogP contribution is -2.71. The third-order valence-electron chi connectivity index (χ3n) is 10.8. The van der Waals surface area contributed by atoms with Crippen LogP contribution in [0.5, 0.6) is 0 Å². The van der Waals surface area contributed by atoms with Crippen LogP contribution in [0.4, 0.5) is 9.93 Å². The van der Waals surface area contributed by atoms with Crippen LogP contribution in [0.3, 0.4) is 0 Å². The lowest BCUT2D eigenvalue weighted by Gasteiger charge is -2.49. The van der Waals surface area contributed by atoms with Crippen molar-refractivity contribution in [2.24, 2.45) is 5.16 Å². The summed E-state index contributed by atoms with van der Waals surface area (Å²) >= 11 is 2.47. The molecule has 3 N–H and O–H groups in total. The molecule has 0 spiro atoms. The van der Waals surface area contributed by atoms with Crippen molar-refractivity contribution < 1.29 is 38.2 Å². The molecular weight excluding hydrogens is 841 g/mol. The Labute approximate surface area is 372 Å². The van der Waals surface area contributed by atoms with Crippen LogP contribution in [0.15, 0.2) is 143 Å². The number of nitrogens with zero attached hydrogens (tertiary/aromatic N) is 4. The highest BCUT2D eigenvalue weighted by Crippen LogP contribution is 2.43. The van der Waals surface area contributed by atoms with Crippen molar-refractivity contribution in [3.63, 3.8) is 0 Å². The number of allylic oxidation sites excluding steroid dienone is 1. The number of aromatic nitrogens is 2. The number of carbonyl (C=O) groups excluding carboxylic acids is 4. The predicted molar refractivity (Wildman–Crippen MR) is 239 cm³/mol. The summed E-state index contributed by atoms with van der Waals surface area (Å²) in [6, 6.07) is 31.1. The van der Waals surface area contributed by atoms with Gasteiger partial charge in [0, 0.05) is 47.1 Å². The van der Waals surface area contributed by atoms with Crippen molar-refractivity contribution in [3.8, 4) is 0 Å². The van der Waals surface area contributed by atoms with Crippen molar-refractivity contribution in [3.05, 3.63) is 166 Å². The number of esters is 1. The van der Waals surface area contributed by atoms with E-state index in [4.69, 9.17) is 24.8 Å². The number of carbonyl (C=O) groups is 4. The fourth-order valence-corrected chi connectivity index (χ4v) is 9.61. The number of thioether (sulfide) groups is 1. The van der Waals surface area contributed by atoms with Crippen LogP contribution in [0.2, 0.25) is 0 Å². The van der Waals surface area contributed by atoms with Gasteiger partial charge in [0.25, 0.3) is 11.8 Å². The van der Waals surface area contributed by atoms with Gasteiger partial charge in [-0.3, -0.25) is 19.5 Å². The lowest BCUT2D eigenvalue weighted by atomic mass is 9.80. The van der Waals surface area contributed by atoms with Gasteiger partial charge in [0.1, 0.15) is 28.9 Å². The van der Waals surface area contributed by atoms with E-state index in [9.17, 15) is 19.2 Å². The van der Waals surface area contributed by atoms with Crippen molar-refractivity contribution in [2.45, 2.75) is 68.4 Å². The van der Waals surface area contributed by atoms with Gasteiger partial charge in [-0.2, -0.15) is 0 Å². The number of oxime groups is 1. The van der Waals surface area contributed by atoms with E-state index in [0.29, 0.717) is 5.57 Å². The molecule has 8 rings (SSSR count). The van der Waals surface area contributed by atoms with Crippen molar-refractivity contribution in [1.29, 1.82) is 0 Å². The molecule has 2 aliphatic heterocycles.